The zero-order valence-corrected chi connectivity index (χ0v) is 41.8. The lowest BCUT2D eigenvalue weighted by molar-refractivity contribution is 0.590. The molecule has 0 N–H and O–H groups in total. The van der Waals surface area contributed by atoms with Gasteiger partial charge in [-0.3, -0.25) is 0 Å². The molecule has 0 saturated carbocycles. The summed E-state index contributed by atoms with van der Waals surface area (Å²) in [7, 11) is 0. The third-order valence-corrected chi connectivity index (χ3v) is 14.3. The third-order valence-electron chi connectivity index (χ3n) is 14.3. The number of para-hydroxylation sites is 1. The predicted molar refractivity (Wildman–Crippen MR) is 293 cm³/mol. The first kappa shape index (κ1) is 43.5. The van der Waals surface area contributed by atoms with Gasteiger partial charge in [0.15, 0.2) is 5.58 Å². The van der Waals surface area contributed by atoms with Crippen LogP contribution in [0.2, 0.25) is 0 Å². The Morgan fingerprint density at radius 1 is 0.353 bits per heavy atom. The monoisotopic (exact) mass is 889 g/mol. The Kier molecular flexibility index (Phi) is 9.75. The molecule has 340 valence electrons. The minimum Gasteiger partial charge on any atom is -0.454 e. The van der Waals surface area contributed by atoms with Gasteiger partial charge in [0.2, 0.25) is 0 Å². The van der Waals surface area contributed by atoms with Crippen molar-refractivity contribution in [3.8, 4) is 0 Å². The van der Waals surface area contributed by atoms with Gasteiger partial charge in [-0.2, -0.15) is 0 Å². The number of benzene rings is 8. The van der Waals surface area contributed by atoms with Crippen LogP contribution < -0.4 is 9.80 Å². The van der Waals surface area contributed by atoms with E-state index in [9.17, 15) is 0 Å². The van der Waals surface area contributed by atoms with Crippen molar-refractivity contribution in [2.24, 2.45) is 0 Å². The van der Waals surface area contributed by atoms with Gasteiger partial charge in [-0.05, 0) is 146 Å². The quantitative estimate of drug-likeness (QED) is 0.166. The summed E-state index contributed by atoms with van der Waals surface area (Å²) in [6.45, 7) is 27.3. The molecule has 0 bridgehead atoms. The number of anilines is 6. The van der Waals surface area contributed by atoms with E-state index in [4.69, 9.17) is 4.42 Å². The summed E-state index contributed by atoms with van der Waals surface area (Å²) in [6.07, 6.45) is 0. The summed E-state index contributed by atoms with van der Waals surface area (Å²) in [4.78, 5) is 4.81. The van der Waals surface area contributed by atoms with E-state index >= 15 is 0 Å². The number of hydrogen-bond donors (Lipinski definition) is 0. The van der Waals surface area contributed by atoms with Crippen LogP contribution in [0.5, 0.6) is 0 Å². The minimum absolute atomic E-state index is 0.0490. The predicted octanol–water partition coefficient (Wildman–Crippen LogP) is 18.9. The highest BCUT2D eigenvalue weighted by Crippen LogP contribution is 2.49. The lowest BCUT2D eigenvalue weighted by Crippen LogP contribution is -2.14. The van der Waals surface area contributed by atoms with E-state index in [0.29, 0.717) is 0 Å². The Hall–Kier alpha value is -7.04. The summed E-state index contributed by atoms with van der Waals surface area (Å²) in [5, 5.41) is 7.04. The van der Waals surface area contributed by atoms with Crippen molar-refractivity contribution in [3.63, 3.8) is 0 Å². The highest BCUT2D eigenvalue weighted by molar-refractivity contribution is 6.33. The first-order valence-corrected chi connectivity index (χ1v) is 24.3. The lowest BCUT2D eigenvalue weighted by atomic mass is 9.86. The molecule has 0 aliphatic rings. The molecule has 0 aliphatic carbocycles. The van der Waals surface area contributed by atoms with E-state index in [1.807, 2.05) is 0 Å². The van der Waals surface area contributed by atoms with E-state index in [1.54, 1.807) is 0 Å². The Morgan fingerprint density at radius 3 is 1.22 bits per heavy atom. The molecular formula is C64H63N3O. The molecule has 0 saturated heterocycles. The average molecular weight is 890 g/mol. The maximum atomic E-state index is 7.01. The molecule has 8 aromatic carbocycles. The minimum atomic E-state index is 0.0490. The number of rotatable bonds is 6. The van der Waals surface area contributed by atoms with Crippen LogP contribution in [0.1, 0.15) is 105 Å². The summed E-state index contributed by atoms with van der Waals surface area (Å²) in [6, 6.07) is 61.4. The van der Waals surface area contributed by atoms with Crippen LogP contribution in [0.3, 0.4) is 0 Å². The summed E-state index contributed by atoms with van der Waals surface area (Å²) in [5.74, 6) is 0. The Morgan fingerprint density at radius 2 is 0.765 bits per heavy atom. The van der Waals surface area contributed by atoms with Crippen molar-refractivity contribution in [3.05, 3.63) is 186 Å². The van der Waals surface area contributed by atoms with Gasteiger partial charge in [-0.25, -0.2) is 0 Å². The smallest absolute Gasteiger partial charge is 0.162 e. The summed E-state index contributed by atoms with van der Waals surface area (Å²) >= 11 is 0. The number of furan rings is 1. The second-order valence-corrected chi connectivity index (χ2v) is 23.2. The van der Waals surface area contributed by atoms with Gasteiger partial charge in [0.25, 0.3) is 0 Å². The van der Waals surface area contributed by atoms with Crippen molar-refractivity contribution in [2.45, 2.75) is 105 Å². The molecule has 0 aliphatic heterocycles. The topological polar surface area (TPSA) is 24.0 Å². The third kappa shape index (κ3) is 7.19. The van der Waals surface area contributed by atoms with Crippen LogP contribution in [0.4, 0.5) is 34.1 Å². The van der Waals surface area contributed by atoms with Gasteiger partial charge in [0, 0.05) is 50.3 Å². The number of aromatic nitrogens is 1. The van der Waals surface area contributed by atoms with Crippen molar-refractivity contribution < 1.29 is 4.42 Å². The first-order valence-electron chi connectivity index (χ1n) is 24.3. The molecule has 68 heavy (non-hydrogen) atoms. The van der Waals surface area contributed by atoms with Crippen LogP contribution in [0.25, 0.3) is 60.0 Å². The lowest BCUT2D eigenvalue weighted by Gasteiger charge is -2.28. The SMILES string of the molecule is CC(C)(C)c1ccc(N(c2ccc(C(C)(C)C)cc2)c2ccc3cc4c5ccc(N(c6ccc(C(C)(C)C)cc6)c6ccc(C(C)(C)C)cc6)cc5n5c6c7ccccc7oc6c(c3c2)c45)cc1. The largest absolute Gasteiger partial charge is 0.454 e. The second kappa shape index (κ2) is 15.2. The first-order chi connectivity index (χ1) is 32.2. The molecule has 4 nitrogen and oxygen atoms in total. The van der Waals surface area contributed by atoms with Crippen molar-refractivity contribution in [2.75, 3.05) is 9.80 Å². The van der Waals surface area contributed by atoms with Gasteiger partial charge in [-0.1, -0.05) is 156 Å². The highest BCUT2D eigenvalue weighted by atomic mass is 16.3. The van der Waals surface area contributed by atoms with Crippen LogP contribution in [0, 0.1) is 0 Å². The van der Waals surface area contributed by atoms with Crippen LogP contribution >= 0.6 is 0 Å². The molecule has 0 amide bonds. The van der Waals surface area contributed by atoms with Gasteiger partial charge < -0.3 is 18.6 Å². The van der Waals surface area contributed by atoms with Crippen LogP contribution in [-0.4, -0.2) is 4.40 Å². The second-order valence-electron chi connectivity index (χ2n) is 23.2. The molecule has 0 atom stereocenters. The molecule has 3 heterocycles. The van der Waals surface area contributed by atoms with Crippen molar-refractivity contribution in [1.29, 1.82) is 0 Å². The molecule has 11 aromatic rings. The molecule has 3 aromatic heterocycles. The van der Waals surface area contributed by atoms with E-state index in [1.165, 1.54) is 49.3 Å². The van der Waals surface area contributed by atoms with E-state index in [0.717, 1.165) is 67.1 Å². The van der Waals surface area contributed by atoms with Crippen molar-refractivity contribution >= 4 is 94.2 Å². The van der Waals surface area contributed by atoms with Gasteiger partial charge in [-0.15, -0.1) is 0 Å². The van der Waals surface area contributed by atoms with Gasteiger partial charge >= 0.3 is 0 Å². The summed E-state index contributed by atoms with van der Waals surface area (Å²) < 4.78 is 9.50. The molecule has 4 heteroatoms. The molecule has 0 radical (unpaired) electrons. The molecule has 0 fully saturated rings. The zero-order valence-electron chi connectivity index (χ0n) is 41.8. The fraction of sp³-hybridized carbons (Fsp3) is 0.250. The number of hydrogen-bond acceptors (Lipinski definition) is 3. The van der Waals surface area contributed by atoms with E-state index < -0.39 is 0 Å². The van der Waals surface area contributed by atoms with Crippen LogP contribution in [-0.2, 0) is 21.7 Å². The molecule has 11 rings (SSSR count). The Labute approximate surface area is 401 Å². The Bertz CT molecular complexity index is 3560. The van der Waals surface area contributed by atoms with Gasteiger partial charge in [0.05, 0.1) is 16.4 Å². The number of fused-ring (bicyclic) bond motifs is 10. The normalized spacial score (nSPS) is 13.0. The number of nitrogens with zero attached hydrogens (tertiary/aromatic N) is 3. The zero-order chi connectivity index (χ0) is 47.7. The summed E-state index contributed by atoms with van der Waals surface area (Å²) in [5.41, 5.74) is 17.4. The maximum absolute atomic E-state index is 7.01. The fourth-order valence-corrected chi connectivity index (χ4v) is 10.4. The molecule has 0 unspecified atom stereocenters. The van der Waals surface area contributed by atoms with E-state index in [-0.39, 0.29) is 21.7 Å². The standard InChI is InChI=1S/C64H63N3O/c1-61(2,3)41-18-27-45(28-19-41)65(46-29-20-42(21-30-46)62(4,5)6)49-26-17-40-37-54-51-36-35-50(39-55(51)67-58(54)57(53(40)38-49)60-59(67)52-15-13-14-16-56(52)68-60)66(47-31-22-43(23-32-47)63(7,8)9)48-33-24-44(25-34-48)64(10,11)12/h13-39H,1-12H3. The van der Waals surface area contributed by atoms with E-state index in [2.05, 4.69) is 261 Å². The molecule has 0 spiro atoms. The average Bonchev–Trinajstić information content (AvgIpc) is 3.94. The Balaban J connectivity index is 1.16. The van der Waals surface area contributed by atoms with Gasteiger partial charge in [0.1, 0.15) is 11.1 Å². The van der Waals surface area contributed by atoms with Crippen LogP contribution in [0.15, 0.2) is 168 Å². The highest BCUT2D eigenvalue weighted by Gasteiger charge is 2.27. The van der Waals surface area contributed by atoms with Crippen molar-refractivity contribution in [1.82, 2.24) is 4.40 Å². The maximum Gasteiger partial charge on any atom is 0.162 e. The fourth-order valence-electron chi connectivity index (χ4n) is 10.4. The molecular weight excluding hydrogens is 827 g/mol.